The summed E-state index contributed by atoms with van der Waals surface area (Å²) < 4.78 is 4.08. The van der Waals surface area contributed by atoms with Gasteiger partial charge in [-0.15, -0.1) is 10.2 Å². The maximum absolute atomic E-state index is 3.98. The van der Waals surface area contributed by atoms with Crippen LogP contribution in [0.25, 0.3) is 11.6 Å². The second-order valence-corrected chi connectivity index (χ2v) is 4.75. The smallest absolute Gasteiger partial charge is 0.226 e. The zero-order valence-electron chi connectivity index (χ0n) is 10.4. The van der Waals surface area contributed by atoms with Crippen molar-refractivity contribution in [1.29, 1.82) is 0 Å². The molecular formula is C8H16N9+. The van der Waals surface area contributed by atoms with Crippen molar-refractivity contribution in [3.8, 4) is 11.6 Å². The Balaban J connectivity index is 2.37. The van der Waals surface area contributed by atoms with Crippen molar-refractivity contribution >= 4 is 0 Å². The zero-order valence-corrected chi connectivity index (χ0v) is 10.4. The van der Waals surface area contributed by atoms with Crippen LogP contribution in [0.3, 0.4) is 0 Å². The molecule has 0 spiro atoms. The van der Waals surface area contributed by atoms with Crippen LogP contribution in [-0.2, 0) is 13.2 Å². The van der Waals surface area contributed by atoms with Crippen LogP contribution in [0, 0.1) is 0 Å². The highest BCUT2D eigenvalue weighted by atomic mass is 15.6. The van der Waals surface area contributed by atoms with Crippen molar-refractivity contribution in [2.24, 2.45) is 0 Å². The molecule has 9 nitrogen and oxygen atoms in total. The Kier molecular flexibility index (Phi) is 2.84. The molecule has 0 amide bonds. The third-order valence-corrected chi connectivity index (χ3v) is 2.12. The van der Waals surface area contributed by atoms with E-state index in [4.69, 9.17) is 0 Å². The summed E-state index contributed by atoms with van der Waals surface area (Å²) in [6.07, 6.45) is 0. The van der Waals surface area contributed by atoms with Gasteiger partial charge in [0.05, 0.1) is 21.1 Å². The minimum atomic E-state index is 0.588. The van der Waals surface area contributed by atoms with Gasteiger partial charge in [0.1, 0.15) is 0 Å². The fourth-order valence-corrected chi connectivity index (χ4v) is 1.44. The van der Waals surface area contributed by atoms with Gasteiger partial charge in [0.2, 0.25) is 11.6 Å². The maximum atomic E-state index is 3.98. The second-order valence-electron chi connectivity index (χ2n) is 4.75. The summed E-state index contributed by atoms with van der Waals surface area (Å²) in [4.78, 5) is 0. The molecule has 92 valence electrons. The first-order valence-corrected chi connectivity index (χ1v) is 5.34. The van der Waals surface area contributed by atoms with Crippen LogP contribution >= 0.6 is 0 Å². The summed E-state index contributed by atoms with van der Waals surface area (Å²) in [6.45, 7) is 3.30. The molecule has 0 atom stereocenters. The van der Waals surface area contributed by atoms with E-state index in [2.05, 4.69) is 52.2 Å². The summed E-state index contributed by atoms with van der Waals surface area (Å²) in [5, 5.41) is 23.1. The fourth-order valence-electron chi connectivity index (χ4n) is 1.44. The van der Waals surface area contributed by atoms with E-state index >= 15 is 0 Å². The Labute approximate surface area is 98.6 Å². The Hall–Kier alpha value is -1.90. The van der Waals surface area contributed by atoms with E-state index < -0.39 is 0 Å². The molecule has 0 aromatic carbocycles. The maximum Gasteiger partial charge on any atom is 0.226 e. The van der Waals surface area contributed by atoms with Gasteiger partial charge < -0.3 is 4.48 Å². The minimum absolute atomic E-state index is 0.588. The van der Waals surface area contributed by atoms with Crippen LogP contribution < -0.4 is 0 Å². The second kappa shape index (κ2) is 4.17. The molecule has 9 heteroatoms. The summed E-state index contributed by atoms with van der Waals surface area (Å²) in [5.74, 6) is 1.18. The van der Waals surface area contributed by atoms with Gasteiger partial charge in [-0.2, -0.15) is 4.68 Å². The van der Waals surface area contributed by atoms with E-state index in [-0.39, 0.29) is 0 Å². The van der Waals surface area contributed by atoms with E-state index in [1.165, 1.54) is 0 Å². The van der Waals surface area contributed by atoms with Crippen LogP contribution in [-0.4, -0.2) is 66.0 Å². The number of tetrazole rings is 2. The predicted octanol–water partition coefficient (Wildman–Crippen LogP) is -0.990. The number of hydrogen-bond donors (Lipinski definition) is 0. The SMILES string of the molecule is CCn1nnnc1-c1nnnn1C[N+](C)(C)C. The molecule has 0 aliphatic rings. The first kappa shape index (κ1) is 11.6. The lowest BCUT2D eigenvalue weighted by atomic mass is 10.5. The van der Waals surface area contributed by atoms with Gasteiger partial charge in [-0.1, -0.05) is 0 Å². The van der Waals surface area contributed by atoms with Crippen molar-refractivity contribution in [2.45, 2.75) is 20.1 Å². The molecule has 17 heavy (non-hydrogen) atoms. The van der Waals surface area contributed by atoms with Crippen LogP contribution in [0.15, 0.2) is 0 Å². The Bertz CT molecular complexity index is 491. The summed E-state index contributed by atoms with van der Waals surface area (Å²) in [6, 6.07) is 0. The van der Waals surface area contributed by atoms with Crippen LogP contribution in [0.1, 0.15) is 6.92 Å². The Morgan fingerprint density at radius 3 is 2.00 bits per heavy atom. The number of rotatable bonds is 4. The summed E-state index contributed by atoms with van der Waals surface area (Å²) in [5.41, 5.74) is 0. The van der Waals surface area contributed by atoms with Gasteiger partial charge in [0, 0.05) is 6.54 Å². The summed E-state index contributed by atoms with van der Waals surface area (Å²) in [7, 11) is 6.19. The average molecular weight is 238 g/mol. The predicted molar refractivity (Wildman–Crippen MR) is 58.3 cm³/mol. The van der Waals surface area contributed by atoms with Gasteiger partial charge in [0.25, 0.3) is 0 Å². The normalized spacial score (nSPS) is 12.0. The van der Waals surface area contributed by atoms with Gasteiger partial charge in [-0.3, -0.25) is 0 Å². The fraction of sp³-hybridized carbons (Fsp3) is 0.750. The van der Waals surface area contributed by atoms with Crippen molar-refractivity contribution in [1.82, 2.24) is 40.4 Å². The molecule has 0 aliphatic heterocycles. The molecule has 0 bridgehead atoms. The third-order valence-electron chi connectivity index (χ3n) is 2.12. The molecule has 0 saturated carbocycles. The number of aryl methyl sites for hydroxylation is 1. The van der Waals surface area contributed by atoms with E-state index in [0.717, 1.165) is 0 Å². The molecule has 0 radical (unpaired) electrons. The van der Waals surface area contributed by atoms with Crippen molar-refractivity contribution in [2.75, 3.05) is 21.1 Å². The van der Waals surface area contributed by atoms with Crippen molar-refractivity contribution < 1.29 is 4.48 Å². The first-order valence-electron chi connectivity index (χ1n) is 5.34. The topological polar surface area (TPSA) is 87.2 Å². The van der Waals surface area contributed by atoms with Crippen LogP contribution in [0.4, 0.5) is 0 Å². The molecule has 2 aromatic heterocycles. The lowest BCUT2D eigenvalue weighted by Gasteiger charge is -2.23. The molecule has 2 aromatic rings. The molecule has 0 unspecified atom stereocenters. The van der Waals surface area contributed by atoms with E-state index in [1.807, 2.05) is 6.92 Å². The number of nitrogens with zero attached hydrogens (tertiary/aromatic N) is 9. The molecular weight excluding hydrogens is 222 g/mol. The number of aromatic nitrogens is 8. The number of hydrogen-bond acceptors (Lipinski definition) is 6. The van der Waals surface area contributed by atoms with E-state index in [0.29, 0.717) is 29.3 Å². The molecule has 0 saturated heterocycles. The summed E-state index contributed by atoms with van der Waals surface area (Å²) >= 11 is 0. The molecule has 0 fully saturated rings. The van der Waals surface area contributed by atoms with E-state index in [9.17, 15) is 0 Å². The largest absolute Gasteiger partial charge is 0.312 e. The zero-order chi connectivity index (χ0) is 12.5. The van der Waals surface area contributed by atoms with E-state index in [1.54, 1.807) is 9.36 Å². The first-order chi connectivity index (χ1) is 8.01. The Morgan fingerprint density at radius 2 is 1.47 bits per heavy atom. The lowest BCUT2D eigenvalue weighted by Crippen LogP contribution is -2.37. The van der Waals surface area contributed by atoms with Gasteiger partial charge >= 0.3 is 0 Å². The Morgan fingerprint density at radius 1 is 0.941 bits per heavy atom. The highest BCUT2D eigenvalue weighted by molar-refractivity contribution is 5.40. The molecule has 0 aliphatic carbocycles. The average Bonchev–Trinajstić information content (AvgIpc) is 2.82. The van der Waals surface area contributed by atoms with Gasteiger partial charge in [-0.05, 0) is 27.8 Å². The minimum Gasteiger partial charge on any atom is -0.312 e. The van der Waals surface area contributed by atoms with Crippen LogP contribution in [0.2, 0.25) is 0 Å². The standard InChI is InChI=1S/C8H16N9/c1-5-15-7(9-11-13-15)8-10-12-14-16(8)6-17(2,3)4/h5-6H2,1-4H3/q+1. The quantitative estimate of drug-likeness (QED) is 0.636. The van der Waals surface area contributed by atoms with Gasteiger partial charge in [0.15, 0.2) is 6.67 Å². The highest BCUT2D eigenvalue weighted by Gasteiger charge is 2.19. The van der Waals surface area contributed by atoms with Crippen molar-refractivity contribution in [3.63, 3.8) is 0 Å². The lowest BCUT2D eigenvalue weighted by molar-refractivity contribution is -0.893. The third kappa shape index (κ3) is 2.44. The monoisotopic (exact) mass is 238 g/mol. The number of quaternary nitrogens is 1. The van der Waals surface area contributed by atoms with Gasteiger partial charge in [-0.25, -0.2) is 4.68 Å². The highest BCUT2D eigenvalue weighted by Crippen LogP contribution is 2.11. The molecule has 2 heterocycles. The molecule has 0 N–H and O–H groups in total. The molecule has 2 rings (SSSR count). The van der Waals surface area contributed by atoms with Crippen molar-refractivity contribution in [3.05, 3.63) is 0 Å². The van der Waals surface area contributed by atoms with Crippen LogP contribution in [0.5, 0.6) is 0 Å².